The first-order valence-electron chi connectivity index (χ1n) is 7.67. The van der Waals surface area contributed by atoms with Crippen LogP contribution in [0.1, 0.15) is 26.3 Å². The number of hydrogen-bond donors (Lipinski definition) is 2. The third-order valence-electron chi connectivity index (χ3n) is 3.79. The van der Waals surface area contributed by atoms with Crippen LogP contribution < -0.4 is 10.6 Å². The first kappa shape index (κ1) is 16.4. The second kappa shape index (κ2) is 6.96. The molecule has 7 heteroatoms. The predicted octanol–water partition coefficient (Wildman–Crippen LogP) is 2.19. The van der Waals surface area contributed by atoms with Gasteiger partial charge in [-0.25, -0.2) is 9.67 Å². The summed E-state index contributed by atoms with van der Waals surface area (Å²) in [5.74, 6) is -0.449. The van der Waals surface area contributed by atoms with E-state index in [1.807, 2.05) is 6.92 Å². The van der Waals surface area contributed by atoms with Gasteiger partial charge in [-0.15, -0.1) is 0 Å². The highest BCUT2D eigenvalue weighted by Gasteiger charge is 2.11. The molecule has 1 aromatic heterocycles. The molecule has 0 unspecified atom stereocenters. The van der Waals surface area contributed by atoms with Gasteiger partial charge in [0.2, 0.25) is 0 Å². The molecule has 2 aromatic carbocycles. The fourth-order valence-corrected chi connectivity index (χ4v) is 2.34. The van der Waals surface area contributed by atoms with Gasteiger partial charge < -0.3 is 10.6 Å². The molecule has 2 N–H and O–H groups in total. The molecular formula is C18H17N5O2. The van der Waals surface area contributed by atoms with Gasteiger partial charge in [0.15, 0.2) is 0 Å². The Kier molecular flexibility index (Phi) is 4.56. The van der Waals surface area contributed by atoms with Crippen molar-refractivity contribution >= 4 is 17.5 Å². The molecule has 2 amide bonds. The minimum absolute atomic E-state index is 0.201. The molecule has 0 aliphatic heterocycles. The summed E-state index contributed by atoms with van der Waals surface area (Å²) in [6.07, 6.45) is 3.03. The first-order valence-corrected chi connectivity index (χ1v) is 7.67. The number of aryl methyl sites for hydroxylation is 1. The molecule has 0 spiro atoms. The van der Waals surface area contributed by atoms with Gasteiger partial charge in [0.25, 0.3) is 11.8 Å². The Morgan fingerprint density at radius 2 is 1.72 bits per heavy atom. The summed E-state index contributed by atoms with van der Waals surface area (Å²) in [5, 5.41) is 9.46. The van der Waals surface area contributed by atoms with Gasteiger partial charge >= 0.3 is 0 Å². The van der Waals surface area contributed by atoms with Crippen LogP contribution in [0.15, 0.2) is 55.1 Å². The topological polar surface area (TPSA) is 88.9 Å². The normalized spacial score (nSPS) is 10.3. The molecule has 3 aromatic rings. The van der Waals surface area contributed by atoms with Crippen molar-refractivity contribution in [3.05, 3.63) is 71.8 Å². The zero-order valence-corrected chi connectivity index (χ0v) is 13.9. The van der Waals surface area contributed by atoms with Crippen LogP contribution in [0.5, 0.6) is 0 Å². The van der Waals surface area contributed by atoms with E-state index in [2.05, 4.69) is 20.7 Å². The number of hydrogen-bond acceptors (Lipinski definition) is 4. The highest BCUT2D eigenvalue weighted by atomic mass is 16.2. The molecule has 0 fully saturated rings. The highest BCUT2D eigenvalue weighted by molar-refractivity contribution is 6.05. The van der Waals surface area contributed by atoms with E-state index in [0.29, 0.717) is 16.8 Å². The summed E-state index contributed by atoms with van der Waals surface area (Å²) in [6, 6.07) is 12.2. The fraction of sp³-hybridized carbons (Fsp3) is 0.111. The number of nitrogens with zero attached hydrogens (tertiary/aromatic N) is 3. The summed E-state index contributed by atoms with van der Waals surface area (Å²) in [7, 11) is 1.57. The number of carbonyl (C=O) groups is 2. The summed E-state index contributed by atoms with van der Waals surface area (Å²) in [6.45, 7) is 1.87. The van der Waals surface area contributed by atoms with E-state index in [1.165, 1.54) is 6.33 Å². The fourth-order valence-electron chi connectivity index (χ4n) is 2.34. The number of nitrogens with one attached hydrogen (secondary N) is 2. The molecule has 0 radical (unpaired) electrons. The first-order chi connectivity index (χ1) is 12.1. The maximum atomic E-state index is 12.5. The van der Waals surface area contributed by atoms with Gasteiger partial charge in [-0.2, -0.15) is 5.10 Å². The number of benzene rings is 2. The van der Waals surface area contributed by atoms with Crippen LogP contribution in [0.4, 0.5) is 5.69 Å². The maximum Gasteiger partial charge on any atom is 0.255 e. The molecule has 0 aliphatic rings. The van der Waals surface area contributed by atoms with Crippen molar-refractivity contribution in [3.8, 4) is 5.69 Å². The lowest BCUT2D eigenvalue weighted by Crippen LogP contribution is -2.19. The van der Waals surface area contributed by atoms with Crippen molar-refractivity contribution in [3.63, 3.8) is 0 Å². The van der Waals surface area contributed by atoms with Crippen LogP contribution in [0, 0.1) is 6.92 Å². The van der Waals surface area contributed by atoms with Crippen LogP contribution in [-0.4, -0.2) is 33.6 Å². The molecular weight excluding hydrogens is 318 g/mol. The molecule has 0 saturated heterocycles. The van der Waals surface area contributed by atoms with Gasteiger partial charge in [0.1, 0.15) is 12.7 Å². The molecule has 25 heavy (non-hydrogen) atoms. The Labute approximate surface area is 144 Å². The average Bonchev–Trinajstić information content (AvgIpc) is 3.17. The molecule has 7 nitrogen and oxygen atoms in total. The van der Waals surface area contributed by atoms with E-state index in [-0.39, 0.29) is 11.8 Å². The zero-order chi connectivity index (χ0) is 17.8. The lowest BCUT2D eigenvalue weighted by molar-refractivity contribution is 0.0961. The third-order valence-corrected chi connectivity index (χ3v) is 3.79. The smallest absolute Gasteiger partial charge is 0.255 e. The lowest BCUT2D eigenvalue weighted by atomic mass is 10.1. The van der Waals surface area contributed by atoms with E-state index in [4.69, 9.17) is 0 Å². The number of carbonyl (C=O) groups excluding carboxylic acids is 2. The second-order valence-corrected chi connectivity index (χ2v) is 5.45. The molecule has 1 heterocycles. The number of aromatic nitrogens is 3. The lowest BCUT2D eigenvalue weighted by Gasteiger charge is -2.11. The van der Waals surface area contributed by atoms with Gasteiger partial charge in [-0.3, -0.25) is 9.59 Å². The van der Waals surface area contributed by atoms with Crippen LogP contribution >= 0.6 is 0 Å². The number of rotatable bonds is 4. The quantitative estimate of drug-likeness (QED) is 0.765. The Balaban J connectivity index is 1.79. The van der Waals surface area contributed by atoms with E-state index in [1.54, 1.807) is 60.5 Å². The summed E-state index contributed by atoms with van der Waals surface area (Å²) < 4.78 is 1.61. The van der Waals surface area contributed by atoms with E-state index in [0.717, 1.165) is 11.3 Å². The standard InChI is InChI=1S/C18H17N5O2/c1-12-3-4-14(17(24)19-2)9-16(12)22-18(25)13-5-7-15(8-6-13)23-11-20-10-21-23/h3-11H,1-2H3,(H,19,24)(H,22,25). The molecule has 0 bridgehead atoms. The number of anilines is 1. The Morgan fingerprint density at radius 1 is 1.00 bits per heavy atom. The second-order valence-electron chi connectivity index (χ2n) is 5.45. The summed E-state index contributed by atoms with van der Waals surface area (Å²) >= 11 is 0. The average molecular weight is 335 g/mol. The zero-order valence-electron chi connectivity index (χ0n) is 13.9. The monoisotopic (exact) mass is 335 g/mol. The van der Waals surface area contributed by atoms with Crippen LogP contribution in [0.25, 0.3) is 5.69 Å². The van der Waals surface area contributed by atoms with Crippen molar-refractivity contribution in [1.82, 2.24) is 20.1 Å². The molecule has 126 valence electrons. The number of amides is 2. The SMILES string of the molecule is CNC(=O)c1ccc(C)c(NC(=O)c2ccc(-n3cncn3)cc2)c1. The minimum atomic E-state index is -0.248. The molecule has 0 atom stereocenters. The van der Waals surface area contributed by atoms with Gasteiger partial charge in [-0.1, -0.05) is 6.07 Å². The Bertz CT molecular complexity index is 902. The summed E-state index contributed by atoms with van der Waals surface area (Å²) in [5.41, 5.74) is 3.29. The maximum absolute atomic E-state index is 12.5. The minimum Gasteiger partial charge on any atom is -0.355 e. The Morgan fingerprint density at radius 3 is 2.36 bits per heavy atom. The molecule has 0 saturated carbocycles. The highest BCUT2D eigenvalue weighted by Crippen LogP contribution is 2.18. The van der Waals surface area contributed by atoms with Crippen molar-refractivity contribution < 1.29 is 9.59 Å². The van der Waals surface area contributed by atoms with E-state index < -0.39 is 0 Å². The van der Waals surface area contributed by atoms with Gasteiger partial charge in [-0.05, 0) is 48.9 Å². The van der Waals surface area contributed by atoms with Crippen LogP contribution in [-0.2, 0) is 0 Å². The van der Waals surface area contributed by atoms with E-state index >= 15 is 0 Å². The third kappa shape index (κ3) is 3.55. The molecule has 3 rings (SSSR count). The molecule has 0 aliphatic carbocycles. The summed E-state index contributed by atoms with van der Waals surface area (Å²) in [4.78, 5) is 28.1. The predicted molar refractivity (Wildman–Crippen MR) is 93.9 cm³/mol. The largest absolute Gasteiger partial charge is 0.355 e. The van der Waals surface area contributed by atoms with Crippen molar-refractivity contribution in [2.24, 2.45) is 0 Å². The van der Waals surface area contributed by atoms with Gasteiger partial charge in [0, 0.05) is 23.9 Å². The Hall–Kier alpha value is -3.48. The van der Waals surface area contributed by atoms with Crippen LogP contribution in [0.2, 0.25) is 0 Å². The van der Waals surface area contributed by atoms with Crippen LogP contribution in [0.3, 0.4) is 0 Å². The van der Waals surface area contributed by atoms with Gasteiger partial charge in [0.05, 0.1) is 5.69 Å². The van der Waals surface area contributed by atoms with Crippen molar-refractivity contribution in [2.75, 3.05) is 12.4 Å². The van der Waals surface area contributed by atoms with Crippen molar-refractivity contribution in [1.29, 1.82) is 0 Å². The van der Waals surface area contributed by atoms with Crippen molar-refractivity contribution in [2.45, 2.75) is 6.92 Å². The van der Waals surface area contributed by atoms with E-state index in [9.17, 15) is 9.59 Å².